The highest BCUT2D eigenvalue weighted by molar-refractivity contribution is 5.09. The SMILES string of the molecule is [2H]C1(n2cnc(N)nc2=O)C[C@H](O)[C@@H](CO)O1. The van der Waals surface area contributed by atoms with Crippen LogP contribution in [0.5, 0.6) is 0 Å². The number of nitrogens with two attached hydrogens (primary N) is 1. The average Bonchev–Trinajstić information content (AvgIpc) is 2.54. The molecule has 0 bridgehead atoms. The maximum absolute atomic E-state index is 11.5. The molecule has 0 saturated carbocycles. The van der Waals surface area contributed by atoms with Crippen LogP contribution >= 0.6 is 0 Å². The second-order valence-corrected chi connectivity index (χ2v) is 3.37. The minimum atomic E-state index is -1.82. The van der Waals surface area contributed by atoms with Gasteiger partial charge in [0, 0.05) is 6.42 Å². The summed E-state index contributed by atoms with van der Waals surface area (Å²) >= 11 is 0. The van der Waals surface area contributed by atoms with Crippen LogP contribution in [0, 0.1) is 0 Å². The molecule has 1 saturated heterocycles. The summed E-state index contributed by atoms with van der Waals surface area (Å²) in [6, 6.07) is 0. The lowest BCUT2D eigenvalue weighted by molar-refractivity contribution is -0.0462. The highest BCUT2D eigenvalue weighted by Crippen LogP contribution is 2.26. The molecule has 2 rings (SSSR count). The van der Waals surface area contributed by atoms with E-state index in [1.807, 2.05) is 0 Å². The van der Waals surface area contributed by atoms with E-state index < -0.39 is 30.7 Å². The van der Waals surface area contributed by atoms with Crippen molar-refractivity contribution in [2.75, 3.05) is 12.3 Å². The van der Waals surface area contributed by atoms with Gasteiger partial charge < -0.3 is 20.7 Å². The molecule has 1 aliphatic heterocycles. The molecule has 1 aliphatic rings. The lowest BCUT2D eigenvalue weighted by Gasteiger charge is -2.13. The van der Waals surface area contributed by atoms with E-state index in [1.165, 1.54) is 0 Å². The molecule has 0 spiro atoms. The van der Waals surface area contributed by atoms with Crippen molar-refractivity contribution in [1.82, 2.24) is 14.5 Å². The second-order valence-electron chi connectivity index (χ2n) is 3.37. The molecule has 2 heterocycles. The normalized spacial score (nSPS) is 35.0. The van der Waals surface area contributed by atoms with Crippen molar-refractivity contribution in [3.63, 3.8) is 0 Å². The number of aliphatic hydroxyl groups excluding tert-OH is 2. The van der Waals surface area contributed by atoms with Crippen LogP contribution in [0.2, 0.25) is 0 Å². The first-order chi connectivity index (χ1) is 7.96. The predicted octanol–water partition coefficient (Wildman–Crippen LogP) is -2.14. The summed E-state index contributed by atoms with van der Waals surface area (Å²) < 4.78 is 13.9. The van der Waals surface area contributed by atoms with Crippen molar-refractivity contribution in [1.29, 1.82) is 0 Å². The van der Waals surface area contributed by atoms with Crippen LogP contribution in [-0.4, -0.2) is 43.6 Å². The number of nitrogens with zero attached hydrogens (tertiary/aromatic N) is 3. The number of hydrogen-bond acceptors (Lipinski definition) is 7. The number of ether oxygens (including phenoxy) is 1. The van der Waals surface area contributed by atoms with Gasteiger partial charge in [0.25, 0.3) is 0 Å². The molecule has 0 aromatic carbocycles. The molecule has 1 aromatic heterocycles. The minimum Gasteiger partial charge on any atom is -0.394 e. The van der Waals surface area contributed by atoms with Crippen LogP contribution in [0.4, 0.5) is 5.95 Å². The van der Waals surface area contributed by atoms with Gasteiger partial charge in [-0.3, -0.25) is 4.57 Å². The van der Waals surface area contributed by atoms with E-state index >= 15 is 0 Å². The van der Waals surface area contributed by atoms with Crippen LogP contribution in [0.1, 0.15) is 14.0 Å². The van der Waals surface area contributed by atoms with Crippen molar-refractivity contribution in [2.24, 2.45) is 0 Å². The lowest BCUT2D eigenvalue weighted by Crippen LogP contribution is -2.28. The number of anilines is 1. The molecular formula is C8H12N4O4. The molecule has 8 heteroatoms. The van der Waals surface area contributed by atoms with E-state index in [-0.39, 0.29) is 12.4 Å². The van der Waals surface area contributed by atoms with Gasteiger partial charge in [0.2, 0.25) is 5.95 Å². The number of aromatic nitrogens is 3. The third-order valence-corrected chi connectivity index (χ3v) is 2.27. The Hall–Kier alpha value is -1.51. The Balaban J connectivity index is 2.37. The third-order valence-electron chi connectivity index (χ3n) is 2.27. The lowest BCUT2D eigenvalue weighted by atomic mass is 10.2. The van der Waals surface area contributed by atoms with Crippen LogP contribution in [0.15, 0.2) is 11.1 Å². The van der Waals surface area contributed by atoms with Gasteiger partial charge >= 0.3 is 5.69 Å². The van der Waals surface area contributed by atoms with Crippen LogP contribution in [0.3, 0.4) is 0 Å². The smallest absolute Gasteiger partial charge is 0.354 e. The topological polar surface area (TPSA) is 123 Å². The molecule has 1 unspecified atom stereocenters. The Kier molecular flexibility index (Phi) is 2.52. The summed E-state index contributed by atoms with van der Waals surface area (Å²) in [6.07, 6.45) is -2.88. The molecule has 88 valence electrons. The van der Waals surface area contributed by atoms with Gasteiger partial charge in [-0.2, -0.15) is 4.98 Å². The van der Waals surface area contributed by atoms with Gasteiger partial charge in [0.1, 0.15) is 18.6 Å². The molecule has 1 fully saturated rings. The Morgan fingerprint density at radius 2 is 2.56 bits per heavy atom. The Morgan fingerprint density at radius 1 is 1.81 bits per heavy atom. The van der Waals surface area contributed by atoms with Crippen LogP contribution in [-0.2, 0) is 4.74 Å². The fraction of sp³-hybridized carbons (Fsp3) is 0.625. The summed E-state index contributed by atoms with van der Waals surface area (Å²) in [5.74, 6) is -0.202. The number of hydrogen-bond donors (Lipinski definition) is 3. The van der Waals surface area contributed by atoms with Gasteiger partial charge in [-0.05, 0) is 0 Å². The Bertz CT molecular complexity index is 481. The van der Waals surface area contributed by atoms with Gasteiger partial charge in [0.05, 0.1) is 14.1 Å². The zero-order valence-electron chi connectivity index (χ0n) is 9.28. The van der Waals surface area contributed by atoms with Gasteiger partial charge in [-0.15, -0.1) is 0 Å². The van der Waals surface area contributed by atoms with Crippen molar-refractivity contribution in [2.45, 2.75) is 24.8 Å². The Labute approximate surface area is 91.7 Å². The first-order valence-electron chi connectivity index (χ1n) is 5.14. The van der Waals surface area contributed by atoms with E-state index in [1.54, 1.807) is 0 Å². The molecule has 4 N–H and O–H groups in total. The quantitative estimate of drug-likeness (QED) is 0.528. The fourth-order valence-electron chi connectivity index (χ4n) is 1.44. The molecule has 1 aromatic rings. The van der Waals surface area contributed by atoms with Gasteiger partial charge in [0.15, 0.2) is 0 Å². The highest BCUT2D eigenvalue weighted by atomic mass is 16.5. The fourth-order valence-corrected chi connectivity index (χ4v) is 1.44. The van der Waals surface area contributed by atoms with Crippen molar-refractivity contribution in [3.05, 3.63) is 16.8 Å². The standard InChI is InChI=1S/C8H12N4O4/c9-7-10-3-12(8(15)11-7)6-1-4(14)5(2-13)16-6/h3-6,13-14H,1-2H2,(H2,9,11,15)/t4-,5+,6?/m0/s1/i6D. The summed E-state index contributed by atoms with van der Waals surface area (Å²) in [5.41, 5.74) is 4.43. The summed E-state index contributed by atoms with van der Waals surface area (Å²) in [4.78, 5) is 18.5. The Morgan fingerprint density at radius 3 is 3.12 bits per heavy atom. The van der Waals surface area contributed by atoms with E-state index in [4.69, 9.17) is 16.9 Å². The summed E-state index contributed by atoms with van der Waals surface area (Å²) in [7, 11) is 0. The zero-order chi connectivity index (χ0) is 12.6. The molecule has 16 heavy (non-hydrogen) atoms. The zero-order valence-corrected chi connectivity index (χ0v) is 8.28. The highest BCUT2D eigenvalue weighted by Gasteiger charge is 2.35. The van der Waals surface area contributed by atoms with Crippen molar-refractivity contribution < 1.29 is 16.3 Å². The molecule has 0 aliphatic carbocycles. The van der Waals surface area contributed by atoms with E-state index in [9.17, 15) is 9.90 Å². The van der Waals surface area contributed by atoms with E-state index in [2.05, 4.69) is 9.97 Å². The maximum atomic E-state index is 11.5. The van der Waals surface area contributed by atoms with Crippen LogP contribution < -0.4 is 11.4 Å². The average molecular weight is 229 g/mol. The van der Waals surface area contributed by atoms with E-state index in [0.29, 0.717) is 0 Å². The second kappa shape index (κ2) is 4.16. The molecular weight excluding hydrogens is 216 g/mol. The monoisotopic (exact) mass is 229 g/mol. The molecule has 3 atom stereocenters. The van der Waals surface area contributed by atoms with Crippen LogP contribution in [0.25, 0.3) is 0 Å². The number of aliphatic hydroxyl groups is 2. The first kappa shape index (κ1) is 9.70. The van der Waals surface area contributed by atoms with Gasteiger partial charge in [-0.25, -0.2) is 9.78 Å². The number of nitrogen functional groups attached to an aromatic ring is 1. The summed E-state index contributed by atoms with van der Waals surface area (Å²) in [6.45, 7) is -0.438. The molecule has 8 nitrogen and oxygen atoms in total. The summed E-state index contributed by atoms with van der Waals surface area (Å²) in [5, 5.41) is 18.5. The maximum Gasteiger partial charge on any atom is 0.354 e. The molecule has 0 radical (unpaired) electrons. The molecule has 0 amide bonds. The number of rotatable bonds is 2. The largest absolute Gasteiger partial charge is 0.394 e. The van der Waals surface area contributed by atoms with Crippen molar-refractivity contribution >= 4 is 5.95 Å². The predicted molar refractivity (Wildman–Crippen MR) is 52.3 cm³/mol. The first-order valence-corrected chi connectivity index (χ1v) is 4.64. The third kappa shape index (κ3) is 1.90. The van der Waals surface area contributed by atoms with E-state index in [0.717, 1.165) is 10.9 Å². The minimum absolute atomic E-state index is 0.161. The van der Waals surface area contributed by atoms with Gasteiger partial charge in [-0.1, -0.05) is 0 Å². The van der Waals surface area contributed by atoms with Crippen molar-refractivity contribution in [3.8, 4) is 0 Å².